The molecular weight excluding hydrogens is 248 g/mol. The number of hydrogen-bond acceptors (Lipinski definition) is 3. The smallest absolute Gasteiger partial charge is 0.134 e. The van der Waals surface area contributed by atoms with Crippen LogP contribution in [0.2, 0.25) is 0 Å². The summed E-state index contributed by atoms with van der Waals surface area (Å²) < 4.78 is 5.89. The lowest BCUT2D eigenvalue weighted by molar-refractivity contribution is 0.268. The second-order valence-electron chi connectivity index (χ2n) is 6.52. The van der Waals surface area contributed by atoms with E-state index in [2.05, 4.69) is 35.3 Å². The second-order valence-corrected chi connectivity index (χ2v) is 6.52. The van der Waals surface area contributed by atoms with E-state index in [1.165, 1.54) is 50.0 Å². The van der Waals surface area contributed by atoms with Crippen LogP contribution in [0.15, 0.2) is 28.7 Å². The van der Waals surface area contributed by atoms with Gasteiger partial charge in [0, 0.05) is 30.6 Å². The SMILES string of the molecule is Cc1oc2ccccc2c1CN1CCC2(CCNC2)C1. The molecule has 0 saturated carbocycles. The summed E-state index contributed by atoms with van der Waals surface area (Å²) in [5.74, 6) is 1.08. The average Bonchev–Trinajstić information content (AvgIpc) is 3.14. The van der Waals surface area contributed by atoms with Crippen molar-refractivity contribution < 1.29 is 4.42 Å². The summed E-state index contributed by atoms with van der Waals surface area (Å²) in [7, 11) is 0. The van der Waals surface area contributed by atoms with E-state index in [1.54, 1.807) is 0 Å². The van der Waals surface area contributed by atoms with Crippen LogP contribution in [0, 0.1) is 12.3 Å². The maximum Gasteiger partial charge on any atom is 0.134 e. The zero-order valence-electron chi connectivity index (χ0n) is 12.1. The van der Waals surface area contributed by atoms with Gasteiger partial charge in [-0.3, -0.25) is 4.90 Å². The highest BCUT2D eigenvalue weighted by atomic mass is 16.3. The molecule has 20 heavy (non-hydrogen) atoms. The summed E-state index contributed by atoms with van der Waals surface area (Å²) in [5.41, 5.74) is 2.95. The molecule has 2 aliphatic heterocycles. The topological polar surface area (TPSA) is 28.4 Å². The van der Waals surface area contributed by atoms with Gasteiger partial charge < -0.3 is 9.73 Å². The van der Waals surface area contributed by atoms with E-state index in [4.69, 9.17) is 4.42 Å². The summed E-state index contributed by atoms with van der Waals surface area (Å²) in [4.78, 5) is 2.61. The number of benzene rings is 1. The second kappa shape index (κ2) is 4.61. The minimum absolute atomic E-state index is 0.549. The first-order valence-electron chi connectivity index (χ1n) is 7.66. The highest BCUT2D eigenvalue weighted by molar-refractivity contribution is 5.82. The van der Waals surface area contributed by atoms with Crippen LogP contribution in [0.5, 0.6) is 0 Å². The van der Waals surface area contributed by atoms with Gasteiger partial charge in [-0.15, -0.1) is 0 Å². The molecular formula is C17H22N2O. The molecule has 106 valence electrons. The van der Waals surface area contributed by atoms with Gasteiger partial charge in [-0.25, -0.2) is 0 Å². The lowest BCUT2D eigenvalue weighted by atomic mass is 9.86. The summed E-state index contributed by atoms with van der Waals surface area (Å²) in [5, 5.41) is 4.82. The van der Waals surface area contributed by atoms with Crippen LogP contribution >= 0.6 is 0 Å². The van der Waals surface area contributed by atoms with E-state index < -0.39 is 0 Å². The van der Waals surface area contributed by atoms with Crippen LogP contribution in [0.3, 0.4) is 0 Å². The lowest BCUT2D eigenvalue weighted by Crippen LogP contribution is -2.29. The Labute approximate surface area is 119 Å². The van der Waals surface area contributed by atoms with Gasteiger partial charge in [0.2, 0.25) is 0 Å². The van der Waals surface area contributed by atoms with Gasteiger partial charge in [-0.05, 0) is 44.3 Å². The van der Waals surface area contributed by atoms with Crippen molar-refractivity contribution in [2.75, 3.05) is 26.2 Å². The van der Waals surface area contributed by atoms with Crippen LogP contribution in [0.4, 0.5) is 0 Å². The Morgan fingerprint density at radius 1 is 1.30 bits per heavy atom. The monoisotopic (exact) mass is 270 g/mol. The Balaban J connectivity index is 1.58. The molecule has 1 unspecified atom stereocenters. The third-order valence-electron chi connectivity index (χ3n) is 5.13. The molecule has 3 heteroatoms. The van der Waals surface area contributed by atoms with Crippen molar-refractivity contribution in [1.29, 1.82) is 0 Å². The molecule has 1 aromatic heterocycles. The summed E-state index contributed by atoms with van der Waals surface area (Å²) in [6.07, 6.45) is 2.68. The molecule has 0 bridgehead atoms. The third-order valence-corrected chi connectivity index (χ3v) is 5.13. The molecule has 3 heterocycles. The van der Waals surface area contributed by atoms with E-state index in [0.717, 1.165) is 17.9 Å². The van der Waals surface area contributed by atoms with Crippen molar-refractivity contribution in [3.05, 3.63) is 35.6 Å². The molecule has 1 spiro atoms. The van der Waals surface area contributed by atoms with Gasteiger partial charge in [0.15, 0.2) is 0 Å². The largest absolute Gasteiger partial charge is 0.461 e. The van der Waals surface area contributed by atoms with Crippen molar-refractivity contribution >= 4 is 11.0 Å². The molecule has 0 amide bonds. The fourth-order valence-electron chi connectivity index (χ4n) is 3.95. The van der Waals surface area contributed by atoms with Crippen LogP contribution in [-0.2, 0) is 6.54 Å². The first kappa shape index (κ1) is 12.4. The van der Waals surface area contributed by atoms with Crippen molar-refractivity contribution in [2.45, 2.75) is 26.3 Å². The van der Waals surface area contributed by atoms with Crippen LogP contribution in [0.25, 0.3) is 11.0 Å². The molecule has 1 atom stereocenters. The number of hydrogen-bond donors (Lipinski definition) is 1. The Morgan fingerprint density at radius 2 is 2.20 bits per heavy atom. The van der Waals surface area contributed by atoms with Crippen molar-refractivity contribution in [1.82, 2.24) is 10.2 Å². The summed E-state index contributed by atoms with van der Waals surface area (Å²) in [6.45, 7) is 7.98. The molecule has 1 aromatic carbocycles. The predicted octanol–water partition coefficient (Wildman–Crippen LogP) is 2.93. The Hall–Kier alpha value is -1.32. The molecule has 0 aliphatic carbocycles. The highest BCUT2D eigenvalue weighted by Crippen LogP contribution is 2.37. The van der Waals surface area contributed by atoms with Gasteiger partial charge in [0.25, 0.3) is 0 Å². The van der Waals surface area contributed by atoms with E-state index >= 15 is 0 Å². The lowest BCUT2D eigenvalue weighted by Gasteiger charge is -2.22. The van der Waals surface area contributed by atoms with Crippen molar-refractivity contribution in [3.63, 3.8) is 0 Å². The molecule has 2 aromatic rings. The standard InChI is InChI=1S/C17H22N2O/c1-13-15(14-4-2-3-5-16(14)20-13)10-19-9-7-17(12-19)6-8-18-11-17/h2-5,18H,6-12H2,1H3. The first-order chi connectivity index (χ1) is 9.76. The number of para-hydroxylation sites is 1. The zero-order valence-corrected chi connectivity index (χ0v) is 12.1. The van der Waals surface area contributed by atoms with Crippen molar-refractivity contribution in [3.8, 4) is 0 Å². The van der Waals surface area contributed by atoms with Gasteiger partial charge in [0.05, 0.1) is 0 Å². The Bertz CT molecular complexity index is 625. The number of rotatable bonds is 2. The maximum absolute atomic E-state index is 5.89. The van der Waals surface area contributed by atoms with E-state index in [-0.39, 0.29) is 0 Å². The predicted molar refractivity (Wildman–Crippen MR) is 80.8 cm³/mol. The fourth-order valence-corrected chi connectivity index (χ4v) is 3.95. The normalized spacial score (nSPS) is 27.1. The number of nitrogens with one attached hydrogen (secondary N) is 1. The third kappa shape index (κ3) is 1.97. The maximum atomic E-state index is 5.89. The Morgan fingerprint density at radius 3 is 3.05 bits per heavy atom. The molecule has 2 fully saturated rings. The number of fused-ring (bicyclic) bond motifs is 1. The van der Waals surface area contributed by atoms with Gasteiger partial charge in [-0.2, -0.15) is 0 Å². The molecule has 2 saturated heterocycles. The highest BCUT2D eigenvalue weighted by Gasteiger charge is 2.40. The summed E-state index contributed by atoms with van der Waals surface area (Å²) in [6, 6.07) is 8.40. The van der Waals surface area contributed by atoms with Gasteiger partial charge >= 0.3 is 0 Å². The first-order valence-corrected chi connectivity index (χ1v) is 7.66. The van der Waals surface area contributed by atoms with Crippen LogP contribution in [0.1, 0.15) is 24.2 Å². The van der Waals surface area contributed by atoms with Crippen molar-refractivity contribution in [2.24, 2.45) is 5.41 Å². The van der Waals surface area contributed by atoms with Gasteiger partial charge in [-0.1, -0.05) is 18.2 Å². The summed E-state index contributed by atoms with van der Waals surface area (Å²) >= 11 is 0. The molecule has 1 N–H and O–H groups in total. The van der Waals surface area contributed by atoms with Crippen LogP contribution < -0.4 is 5.32 Å². The number of likely N-dealkylation sites (tertiary alicyclic amines) is 1. The number of aryl methyl sites for hydroxylation is 1. The molecule has 3 nitrogen and oxygen atoms in total. The molecule has 2 aliphatic rings. The number of nitrogens with zero attached hydrogens (tertiary/aromatic N) is 1. The van der Waals surface area contributed by atoms with E-state index in [9.17, 15) is 0 Å². The Kier molecular flexibility index (Phi) is 2.86. The fraction of sp³-hybridized carbons (Fsp3) is 0.529. The molecule has 4 rings (SSSR count). The molecule has 0 radical (unpaired) electrons. The number of furan rings is 1. The average molecular weight is 270 g/mol. The zero-order chi connectivity index (χ0) is 13.6. The van der Waals surface area contributed by atoms with E-state index in [1.807, 2.05) is 6.07 Å². The minimum atomic E-state index is 0.549. The van der Waals surface area contributed by atoms with Crippen LogP contribution in [-0.4, -0.2) is 31.1 Å². The van der Waals surface area contributed by atoms with Gasteiger partial charge in [0.1, 0.15) is 11.3 Å². The quantitative estimate of drug-likeness (QED) is 0.909. The van der Waals surface area contributed by atoms with E-state index in [0.29, 0.717) is 5.41 Å². The minimum Gasteiger partial charge on any atom is -0.461 e.